The molecule has 0 heterocycles. The van der Waals surface area contributed by atoms with E-state index in [4.69, 9.17) is 4.74 Å². The number of carbonyl (C=O) groups is 2. The van der Waals surface area contributed by atoms with Crippen molar-refractivity contribution in [3.63, 3.8) is 0 Å². The van der Waals surface area contributed by atoms with Gasteiger partial charge in [0.25, 0.3) is 5.91 Å². The van der Waals surface area contributed by atoms with Crippen LogP contribution in [-0.2, 0) is 14.3 Å². The van der Waals surface area contributed by atoms with Crippen LogP contribution in [-0.4, -0.2) is 18.0 Å². The van der Waals surface area contributed by atoms with Crippen LogP contribution in [0.15, 0.2) is 48.5 Å². The number of ether oxygens (including phenoxy) is 1. The molecule has 2 aromatic carbocycles. The number of amides is 1. The molecule has 0 aliphatic heterocycles. The number of esters is 1. The van der Waals surface area contributed by atoms with Gasteiger partial charge in [0.05, 0.1) is 0 Å². The molecule has 0 spiro atoms. The summed E-state index contributed by atoms with van der Waals surface area (Å²) in [5, 5.41) is 2.52. The summed E-state index contributed by atoms with van der Waals surface area (Å²) in [6, 6.07) is 12.0. The van der Waals surface area contributed by atoms with Gasteiger partial charge in [0.1, 0.15) is 5.82 Å². The van der Waals surface area contributed by atoms with Crippen molar-refractivity contribution in [3.8, 4) is 0 Å². The summed E-state index contributed by atoms with van der Waals surface area (Å²) in [5.74, 6) is -1.57. The third kappa shape index (κ3) is 5.57. The Hall–Kier alpha value is -2.95. The summed E-state index contributed by atoms with van der Waals surface area (Å²) < 4.78 is 18.5. The molecule has 4 nitrogen and oxygen atoms in total. The van der Waals surface area contributed by atoms with E-state index in [0.29, 0.717) is 11.3 Å². The number of hydrogen-bond donors (Lipinski definition) is 1. The van der Waals surface area contributed by atoms with E-state index < -0.39 is 23.8 Å². The number of nitrogens with one attached hydrogen (secondary N) is 1. The second-order valence-electron chi connectivity index (χ2n) is 5.78. The van der Waals surface area contributed by atoms with E-state index >= 15 is 0 Å². The van der Waals surface area contributed by atoms with Crippen molar-refractivity contribution in [2.75, 3.05) is 5.32 Å². The predicted octanol–water partition coefficient (Wildman–Crippen LogP) is 4.03. The molecular formula is C20H20FNO3. The Balaban J connectivity index is 1.91. The van der Waals surface area contributed by atoms with E-state index in [2.05, 4.69) is 5.32 Å². The fourth-order valence-corrected chi connectivity index (χ4v) is 2.12. The van der Waals surface area contributed by atoms with Crippen LogP contribution >= 0.6 is 0 Å². The molecule has 1 amide bonds. The fraction of sp³-hybridized carbons (Fsp3) is 0.200. The summed E-state index contributed by atoms with van der Waals surface area (Å²) in [4.78, 5) is 23.8. The molecule has 0 saturated heterocycles. The maximum Gasteiger partial charge on any atom is 0.331 e. The Bertz CT molecular complexity index is 814. The van der Waals surface area contributed by atoms with Crippen LogP contribution in [0.3, 0.4) is 0 Å². The number of carbonyl (C=O) groups excluding carboxylic acids is 2. The molecule has 0 radical (unpaired) electrons. The molecule has 130 valence electrons. The molecule has 5 heteroatoms. The molecule has 0 fully saturated rings. The summed E-state index contributed by atoms with van der Waals surface area (Å²) in [6.45, 7) is 5.04. The minimum Gasteiger partial charge on any atom is -0.449 e. The highest BCUT2D eigenvalue weighted by atomic mass is 19.1. The van der Waals surface area contributed by atoms with Gasteiger partial charge in [-0.3, -0.25) is 4.79 Å². The molecule has 2 rings (SSSR count). The van der Waals surface area contributed by atoms with Crippen LogP contribution < -0.4 is 5.32 Å². The molecule has 0 aliphatic carbocycles. The first-order chi connectivity index (χ1) is 11.8. The maximum absolute atomic E-state index is 13.5. The Morgan fingerprint density at radius 1 is 1.16 bits per heavy atom. The van der Waals surface area contributed by atoms with Crippen LogP contribution in [0.2, 0.25) is 0 Å². The monoisotopic (exact) mass is 341 g/mol. The number of aryl methyl sites for hydroxylation is 2. The van der Waals surface area contributed by atoms with Crippen LogP contribution in [0.4, 0.5) is 10.1 Å². The van der Waals surface area contributed by atoms with E-state index in [-0.39, 0.29) is 0 Å². The zero-order valence-corrected chi connectivity index (χ0v) is 14.4. The lowest BCUT2D eigenvalue weighted by atomic mass is 10.1. The number of rotatable bonds is 5. The van der Waals surface area contributed by atoms with Crippen molar-refractivity contribution in [2.45, 2.75) is 26.9 Å². The summed E-state index contributed by atoms with van der Waals surface area (Å²) in [6.07, 6.45) is 1.89. The third-order valence-electron chi connectivity index (χ3n) is 3.56. The molecule has 1 N–H and O–H groups in total. The van der Waals surface area contributed by atoms with Gasteiger partial charge >= 0.3 is 5.97 Å². The lowest BCUT2D eigenvalue weighted by molar-refractivity contribution is -0.148. The average Bonchev–Trinajstić information content (AvgIpc) is 2.56. The Labute approximate surface area is 146 Å². The van der Waals surface area contributed by atoms with E-state index in [1.165, 1.54) is 19.1 Å². The van der Waals surface area contributed by atoms with E-state index in [1.807, 2.05) is 31.2 Å². The second kappa shape index (κ2) is 8.24. The molecule has 0 aromatic heterocycles. The van der Waals surface area contributed by atoms with Gasteiger partial charge in [-0.1, -0.05) is 35.9 Å². The summed E-state index contributed by atoms with van der Waals surface area (Å²) in [7, 11) is 0. The minimum atomic E-state index is -1.00. The standard InChI is InChI=1S/C20H20FNO3/c1-13-5-4-6-16(11-13)8-10-19(23)25-15(3)20(24)22-17-9-7-14(2)18(21)12-17/h4-12,15H,1-3H3,(H,22,24)/b10-8+/t15-/m0/s1. The SMILES string of the molecule is Cc1cccc(/C=C/C(=O)O[C@@H](C)C(=O)Nc2ccc(C)c(F)c2)c1. The third-order valence-corrected chi connectivity index (χ3v) is 3.56. The lowest BCUT2D eigenvalue weighted by Crippen LogP contribution is -2.29. The molecule has 1 atom stereocenters. The average molecular weight is 341 g/mol. The highest BCUT2D eigenvalue weighted by molar-refractivity contribution is 5.96. The first kappa shape index (κ1) is 18.4. The topological polar surface area (TPSA) is 55.4 Å². The van der Waals surface area contributed by atoms with Crippen molar-refractivity contribution >= 4 is 23.6 Å². The maximum atomic E-state index is 13.5. The number of hydrogen-bond acceptors (Lipinski definition) is 3. The molecule has 0 aliphatic rings. The number of halogens is 1. The Morgan fingerprint density at radius 3 is 2.60 bits per heavy atom. The second-order valence-corrected chi connectivity index (χ2v) is 5.78. The van der Waals surface area contributed by atoms with Crippen molar-refractivity contribution in [2.24, 2.45) is 0 Å². The molecule has 25 heavy (non-hydrogen) atoms. The first-order valence-electron chi connectivity index (χ1n) is 7.87. The quantitative estimate of drug-likeness (QED) is 0.660. The van der Waals surface area contributed by atoms with Crippen LogP contribution in [0.5, 0.6) is 0 Å². The zero-order chi connectivity index (χ0) is 18.4. The van der Waals surface area contributed by atoms with Gasteiger partial charge in [0, 0.05) is 11.8 Å². The van der Waals surface area contributed by atoms with Gasteiger partial charge in [-0.2, -0.15) is 0 Å². The van der Waals surface area contributed by atoms with Crippen LogP contribution in [0, 0.1) is 19.7 Å². The fourth-order valence-electron chi connectivity index (χ4n) is 2.12. The predicted molar refractivity (Wildman–Crippen MR) is 95.5 cm³/mol. The van der Waals surface area contributed by atoms with E-state index in [0.717, 1.165) is 11.1 Å². The molecule has 0 saturated carbocycles. The Morgan fingerprint density at radius 2 is 1.92 bits per heavy atom. The van der Waals surface area contributed by atoms with E-state index in [1.54, 1.807) is 25.1 Å². The van der Waals surface area contributed by atoms with Gasteiger partial charge in [-0.15, -0.1) is 0 Å². The largest absolute Gasteiger partial charge is 0.449 e. The minimum absolute atomic E-state index is 0.311. The number of benzene rings is 2. The van der Waals surface area contributed by atoms with Crippen LogP contribution in [0.25, 0.3) is 6.08 Å². The first-order valence-corrected chi connectivity index (χ1v) is 7.87. The highest BCUT2D eigenvalue weighted by Crippen LogP contribution is 2.14. The molecular weight excluding hydrogens is 321 g/mol. The Kier molecular flexibility index (Phi) is 6.06. The zero-order valence-electron chi connectivity index (χ0n) is 14.4. The van der Waals surface area contributed by atoms with Gasteiger partial charge in [0.2, 0.25) is 0 Å². The van der Waals surface area contributed by atoms with Crippen molar-refractivity contribution in [1.29, 1.82) is 0 Å². The van der Waals surface area contributed by atoms with Gasteiger partial charge in [-0.05, 0) is 50.1 Å². The number of anilines is 1. The molecule has 0 unspecified atom stereocenters. The van der Waals surface area contributed by atoms with Crippen molar-refractivity contribution in [3.05, 3.63) is 71.0 Å². The summed E-state index contributed by atoms with van der Waals surface area (Å²) in [5.41, 5.74) is 2.74. The van der Waals surface area contributed by atoms with Gasteiger partial charge < -0.3 is 10.1 Å². The molecule has 2 aromatic rings. The van der Waals surface area contributed by atoms with Gasteiger partial charge in [-0.25, -0.2) is 9.18 Å². The highest BCUT2D eigenvalue weighted by Gasteiger charge is 2.17. The van der Waals surface area contributed by atoms with Crippen LogP contribution in [0.1, 0.15) is 23.6 Å². The van der Waals surface area contributed by atoms with Crippen molar-refractivity contribution < 1.29 is 18.7 Å². The molecule has 0 bridgehead atoms. The van der Waals surface area contributed by atoms with Crippen molar-refractivity contribution in [1.82, 2.24) is 0 Å². The van der Waals surface area contributed by atoms with Gasteiger partial charge in [0.15, 0.2) is 6.10 Å². The normalized spacial score (nSPS) is 12.0. The smallest absolute Gasteiger partial charge is 0.331 e. The van der Waals surface area contributed by atoms with E-state index in [9.17, 15) is 14.0 Å². The lowest BCUT2D eigenvalue weighted by Gasteiger charge is -2.12. The summed E-state index contributed by atoms with van der Waals surface area (Å²) >= 11 is 0.